The van der Waals surface area contributed by atoms with Gasteiger partial charge in [0, 0.05) is 33.7 Å². The molecule has 8 heteroatoms. The van der Waals surface area contributed by atoms with Crippen LogP contribution in [0.25, 0.3) is 21.0 Å². The Morgan fingerprint density at radius 2 is 1.68 bits per heavy atom. The Bertz CT molecular complexity index is 1330. The van der Waals surface area contributed by atoms with Crippen LogP contribution in [0.5, 0.6) is 0 Å². The number of nitrogens with two attached hydrogens (primary N) is 1. The average Bonchev–Trinajstić information content (AvgIpc) is 3.05. The van der Waals surface area contributed by atoms with E-state index >= 15 is 0 Å². The Kier molecular flexibility index (Phi) is 4.91. The van der Waals surface area contributed by atoms with Crippen LogP contribution in [-0.4, -0.2) is 39.0 Å². The number of hydrogen-bond acceptors (Lipinski definition) is 7. The van der Waals surface area contributed by atoms with Crippen molar-refractivity contribution in [3.63, 3.8) is 0 Å². The zero-order valence-electron chi connectivity index (χ0n) is 17.1. The normalized spacial score (nSPS) is 13.5. The van der Waals surface area contributed by atoms with E-state index in [-0.39, 0.29) is 11.8 Å². The van der Waals surface area contributed by atoms with E-state index in [1.165, 1.54) is 21.5 Å². The van der Waals surface area contributed by atoms with Crippen LogP contribution < -0.4 is 5.73 Å². The van der Waals surface area contributed by atoms with Gasteiger partial charge in [0.25, 0.3) is 11.8 Å². The van der Waals surface area contributed by atoms with Crippen molar-refractivity contribution in [1.82, 2.24) is 14.9 Å². The smallest absolute Gasteiger partial charge is 0.261 e. The fourth-order valence-corrected chi connectivity index (χ4v) is 5.86. The van der Waals surface area contributed by atoms with Crippen molar-refractivity contribution in [1.29, 1.82) is 0 Å². The largest absolute Gasteiger partial charge is 0.383 e. The van der Waals surface area contributed by atoms with Crippen LogP contribution >= 0.6 is 23.1 Å². The summed E-state index contributed by atoms with van der Waals surface area (Å²) in [6, 6.07) is 11.1. The van der Waals surface area contributed by atoms with E-state index in [1.54, 1.807) is 23.5 Å². The number of fused-ring (bicyclic) bond motifs is 1. The molecule has 0 saturated heterocycles. The number of benzene rings is 2. The third-order valence-electron chi connectivity index (χ3n) is 5.65. The Labute approximate surface area is 187 Å². The lowest BCUT2D eigenvalue weighted by Gasteiger charge is -2.27. The van der Waals surface area contributed by atoms with E-state index in [0.717, 1.165) is 26.6 Å². The maximum atomic E-state index is 13.0. The molecule has 2 aromatic carbocycles. The number of imide groups is 1. The Hall–Kier alpha value is -2.97. The van der Waals surface area contributed by atoms with Crippen LogP contribution in [0.15, 0.2) is 41.6 Å². The molecular weight excluding hydrogens is 428 g/mol. The molecule has 0 fully saturated rings. The maximum Gasteiger partial charge on any atom is 0.261 e. The van der Waals surface area contributed by atoms with Gasteiger partial charge in [0.15, 0.2) is 5.16 Å². The average molecular weight is 449 g/mol. The molecule has 31 heavy (non-hydrogen) atoms. The summed E-state index contributed by atoms with van der Waals surface area (Å²) in [6.45, 7) is 4.44. The summed E-state index contributed by atoms with van der Waals surface area (Å²) in [7, 11) is 0. The number of carbonyl (C=O) groups excluding carboxylic acids is 2. The molecule has 4 aromatic rings. The number of hydrogen-bond donors (Lipinski definition) is 1. The number of rotatable bonds is 5. The number of thiophene rings is 1. The molecule has 6 nitrogen and oxygen atoms in total. The molecule has 0 bridgehead atoms. The van der Waals surface area contributed by atoms with Gasteiger partial charge in [0.1, 0.15) is 10.6 Å². The fourth-order valence-electron chi connectivity index (χ4n) is 3.99. The fraction of sp³-hybridized carbons (Fsp3) is 0.217. The van der Waals surface area contributed by atoms with Gasteiger partial charge in [-0.15, -0.1) is 11.3 Å². The number of aryl methyl sites for hydroxylation is 2. The summed E-state index contributed by atoms with van der Waals surface area (Å²) < 4.78 is 0. The van der Waals surface area contributed by atoms with E-state index in [0.29, 0.717) is 40.8 Å². The highest BCUT2D eigenvalue weighted by Crippen LogP contribution is 2.34. The SMILES string of the molecule is Cc1sc2nc(SCCCN3C(=O)c4cccc5cccc(c45)C3=O)nc(N)c2c1C. The lowest BCUT2D eigenvalue weighted by Crippen LogP contribution is -2.41. The van der Waals surface area contributed by atoms with Gasteiger partial charge < -0.3 is 5.73 Å². The van der Waals surface area contributed by atoms with E-state index in [2.05, 4.69) is 16.9 Å². The highest BCUT2D eigenvalue weighted by Gasteiger charge is 2.32. The number of thioether (sulfide) groups is 1. The molecule has 0 spiro atoms. The van der Waals surface area contributed by atoms with Crippen LogP contribution in [0.1, 0.15) is 37.6 Å². The van der Waals surface area contributed by atoms with Crippen LogP contribution in [-0.2, 0) is 0 Å². The molecule has 1 aliphatic rings. The number of aromatic nitrogens is 2. The van der Waals surface area contributed by atoms with Crippen molar-refractivity contribution in [3.8, 4) is 0 Å². The summed E-state index contributed by atoms with van der Waals surface area (Å²) in [4.78, 5) is 38.4. The summed E-state index contributed by atoms with van der Waals surface area (Å²) in [5.41, 5.74) is 8.46. The number of amides is 2. The van der Waals surface area contributed by atoms with Gasteiger partial charge in [-0.05, 0) is 43.4 Å². The van der Waals surface area contributed by atoms with Gasteiger partial charge in [0.2, 0.25) is 0 Å². The van der Waals surface area contributed by atoms with E-state index < -0.39 is 0 Å². The minimum atomic E-state index is -0.231. The monoisotopic (exact) mass is 448 g/mol. The zero-order valence-corrected chi connectivity index (χ0v) is 18.8. The molecule has 0 aliphatic carbocycles. The molecule has 156 valence electrons. The van der Waals surface area contributed by atoms with Crippen molar-refractivity contribution >= 4 is 61.7 Å². The second-order valence-corrected chi connectivity index (χ2v) is 9.79. The molecular formula is C23H20N4O2S2. The van der Waals surface area contributed by atoms with Crippen LogP contribution in [0.2, 0.25) is 0 Å². The molecule has 2 aromatic heterocycles. The molecule has 1 aliphatic heterocycles. The first-order valence-corrected chi connectivity index (χ1v) is 11.8. The standard InChI is InChI=1S/C23H20N4O2S2/c1-12-13(2)31-20-17(12)19(24)25-23(26-20)30-11-5-10-27-21(28)15-8-3-6-14-7-4-9-16(18(14)15)22(27)29/h3-4,6-9H,5,10-11H2,1-2H3,(H2,24,25,26). The highest BCUT2D eigenvalue weighted by molar-refractivity contribution is 7.99. The third-order valence-corrected chi connectivity index (χ3v) is 7.68. The van der Waals surface area contributed by atoms with Crippen molar-refractivity contribution in [2.24, 2.45) is 0 Å². The molecule has 5 rings (SSSR count). The number of carbonyl (C=O) groups is 2. The first-order chi connectivity index (χ1) is 15.0. The summed E-state index contributed by atoms with van der Waals surface area (Å²) >= 11 is 3.11. The van der Waals surface area contributed by atoms with Crippen LogP contribution in [0.4, 0.5) is 5.82 Å². The van der Waals surface area contributed by atoms with Gasteiger partial charge in [-0.25, -0.2) is 9.97 Å². The minimum Gasteiger partial charge on any atom is -0.383 e. The molecule has 3 heterocycles. The Morgan fingerprint density at radius 1 is 1.00 bits per heavy atom. The van der Waals surface area contributed by atoms with Crippen molar-refractivity contribution < 1.29 is 9.59 Å². The van der Waals surface area contributed by atoms with Gasteiger partial charge in [-0.2, -0.15) is 0 Å². The van der Waals surface area contributed by atoms with Gasteiger partial charge >= 0.3 is 0 Å². The molecule has 2 N–H and O–H groups in total. The Morgan fingerprint density at radius 3 is 2.35 bits per heavy atom. The number of nitrogen functional groups attached to an aromatic ring is 1. The predicted molar refractivity (Wildman–Crippen MR) is 126 cm³/mol. The van der Waals surface area contributed by atoms with Gasteiger partial charge in [-0.1, -0.05) is 36.0 Å². The summed E-state index contributed by atoms with van der Waals surface area (Å²) in [6.07, 6.45) is 0.643. The number of nitrogens with zero attached hydrogens (tertiary/aromatic N) is 3. The predicted octanol–water partition coefficient (Wildman–Crippen LogP) is 4.82. The summed E-state index contributed by atoms with van der Waals surface area (Å²) in [5, 5.41) is 3.22. The molecule has 0 atom stereocenters. The zero-order chi connectivity index (χ0) is 21.7. The Balaban J connectivity index is 1.30. The quantitative estimate of drug-likeness (QED) is 0.204. The van der Waals surface area contributed by atoms with Crippen molar-refractivity contribution in [3.05, 3.63) is 58.0 Å². The van der Waals surface area contributed by atoms with Gasteiger partial charge in [-0.3, -0.25) is 14.5 Å². The number of anilines is 1. The second kappa shape index (κ2) is 7.62. The molecule has 0 radical (unpaired) electrons. The lowest BCUT2D eigenvalue weighted by molar-refractivity contribution is 0.0611. The van der Waals surface area contributed by atoms with Crippen molar-refractivity contribution in [2.75, 3.05) is 18.0 Å². The minimum absolute atomic E-state index is 0.231. The molecule has 0 unspecified atom stereocenters. The van der Waals surface area contributed by atoms with E-state index in [4.69, 9.17) is 5.73 Å². The molecule has 2 amide bonds. The van der Waals surface area contributed by atoms with E-state index in [1.807, 2.05) is 31.2 Å². The topological polar surface area (TPSA) is 89.2 Å². The maximum absolute atomic E-state index is 13.0. The molecule has 0 saturated carbocycles. The van der Waals surface area contributed by atoms with E-state index in [9.17, 15) is 9.59 Å². The van der Waals surface area contributed by atoms with Gasteiger partial charge in [0.05, 0.1) is 5.39 Å². The van der Waals surface area contributed by atoms with Crippen LogP contribution in [0, 0.1) is 13.8 Å². The summed E-state index contributed by atoms with van der Waals surface area (Å²) in [5.74, 6) is 0.717. The van der Waals surface area contributed by atoms with Crippen molar-refractivity contribution in [2.45, 2.75) is 25.4 Å². The third kappa shape index (κ3) is 3.26. The lowest BCUT2D eigenvalue weighted by atomic mass is 9.94. The first-order valence-electron chi connectivity index (χ1n) is 9.99. The van der Waals surface area contributed by atoms with Crippen LogP contribution in [0.3, 0.4) is 0 Å². The first kappa shape index (κ1) is 20.0. The second-order valence-electron chi connectivity index (χ2n) is 7.53. The highest BCUT2D eigenvalue weighted by atomic mass is 32.2.